The van der Waals surface area contributed by atoms with Gasteiger partial charge in [0.05, 0.1) is 11.4 Å². The van der Waals surface area contributed by atoms with Gasteiger partial charge in [-0.3, -0.25) is 0 Å². The van der Waals surface area contributed by atoms with E-state index < -0.39 is 0 Å². The SMILES string of the molecule is CN1CCN(c2cccc3c2CCNC3)c2ccccc21. The Hall–Kier alpha value is -2.00. The lowest BCUT2D eigenvalue weighted by atomic mass is 9.97. The fourth-order valence-electron chi connectivity index (χ4n) is 3.52. The normalized spacial score (nSPS) is 17.4. The van der Waals surface area contributed by atoms with Gasteiger partial charge in [-0.25, -0.2) is 0 Å². The van der Waals surface area contributed by atoms with Gasteiger partial charge in [-0.05, 0) is 42.3 Å². The van der Waals surface area contributed by atoms with Gasteiger partial charge in [0, 0.05) is 32.4 Å². The summed E-state index contributed by atoms with van der Waals surface area (Å²) in [5, 5.41) is 3.47. The molecule has 2 heterocycles. The van der Waals surface area contributed by atoms with Gasteiger partial charge in [0.2, 0.25) is 0 Å². The number of para-hydroxylation sites is 2. The maximum atomic E-state index is 3.47. The summed E-state index contributed by atoms with van der Waals surface area (Å²) in [6, 6.07) is 15.5. The zero-order valence-corrected chi connectivity index (χ0v) is 12.5. The highest BCUT2D eigenvalue weighted by atomic mass is 15.3. The largest absolute Gasteiger partial charge is 0.371 e. The first-order chi connectivity index (χ1) is 10.3. The molecule has 21 heavy (non-hydrogen) atoms. The summed E-state index contributed by atoms with van der Waals surface area (Å²) in [5.41, 5.74) is 7.04. The molecule has 0 amide bonds. The van der Waals surface area contributed by atoms with Crippen LogP contribution >= 0.6 is 0 Å². The summed E-state index contributed by atoms with van der Waals surface area (Å²) in [7, 11) is 2.18. The molecule has 0 atom stereocenters. The predicted molar refractivity (Wildman–Crippen MR) is 88.6 cm³/mol. The predicted octanol–water partition coefficient (Wildman–Crippen LogP) is 2.92. The van der Waals surface area contributed by atoms with Gasteiger partial charge in [-0.2, -0.15) is 0 Å². The lowest BCUT2D eigenvalue weighted by molar-refractivity contribution is 0.642. The van der Waals surface area contributed by atoms with Crippen LogP contribution in [0.5, 0.6) is 0 Å². The van der Waals surface area contributed by atoms with E-state index in [9.17, 15) is 0 Å². The van der Waals surface area contributed by atoms with Crippen LogP contribution in [-0.2, 0) is 13.0 Å². The number of nitrogens with one attached hydrogen (secondary N) is 1. The maximum Gasteiger partial charge on any atom is 0.0649 e. The molecule has 0 saturated carbocycles. The Morgan fingerprint density at radius 2 is 1.71 bits per heavy atom. The minimum absolute atomic E-state index is 0.999. The third-order valence-electron chi connectivity index (χ3n) is 4.65. The first-order valence-electron chi connectivity index (χ1n) is 7.74. The van der Waals surface area contributed by atoms with Gasteiger partial charge >= 0.3 is 0 Å². The maximum absolute atomic E-state index is 3.47. The van der Waals surface area contributed by atoms with Crippen molar-refractivity contribution in [2.24, 2.45) is 0 Å². The zero-order valence-electron chi connectivity index (χ0n) is 12.5. The zero-order chi connectivity index (χ0) is 14.2. The van der Waals surface area contributed by atoms with E-state index >= 15 is 0 Å². The molecular formula is C18H21N3. The molecule has 0 spiro atoms. The summed E-state index contributed by atoms with van der Waals surface area (Å²) >= 11 is 0. The van der Waals surface area contributed by atoms with Crippen molar-refractivity contribution < 1.29 is 0 Å². The highest BCUT2D eigenvalue weighted by Crippen LogP contribution is 2.39. The highest BCUT2D eigenvalue weighted by Gasteiger charge is 2.24. The van der Waals surface area contributed by atoms with Gasteiger partial charge < -0.3 is 15.1 Å². The monoisotopic (exact) mass is 279 g/mol. The Labute approximate surface area is 126 Å². The van der Waals surface area contributed by atoms with E-state index in [1.54, 1.807) is 0 Å². The molecule has 0 unspecified atom stereocenters. The minimum atomic E-state index is 0.999. The first-order valence-corrected chi connectivity index (χ1v) is 7.74. The minimum Gasteiger partial charge on any atom is -0.371 e. The third-order valence-corrected chi connectivity index (χ3v) is 4.65. The van der Waals surface area contributed by atoms with Gasteiger partial charge in [0.15, 0.2) is 0 Å². The van der Waals surface area contributed by atoms with Gasteiger partial charge in [-0.1, -0.05) is 24.3 Å². The number of anilines is 3. The van der Waals surface area contributed by atoms with E-state index in [0.717, 1.165) is 32.6 Å². The summed E-state index contributed by atoms with van der Waals surface area (Å²) in [6.07, 6.45) is 1.13. The highest BCUT2D eigenvalue weighted by molar-refractivity contribution is 5.80. The van der Waals surface area contributed by atoms with Crippen molar-refractivity contribution in [3.8, 4) is 0 Å². The van der Waals surface area contributed by atoms with Crippen LogP contribution in [0, 0.1) is 0 Å². The molecule has 1 N–H and O–H groups in total. The second-order valence-electron chi connectivity index (χ2n) is 5.90. The van der Waals surface area contributed by atoms with E-state index in [2.05, 4.69) is 64.6 Å². The summed E-state index contributed by atoms with van der Waals surface area (Å²) < 4.78 is 0. The number of fused-ring (bicyclic) bond motifs is 2. The Bertz CT molecular complexity index is 665. The standard InChI is InChI=1S/C18H21N3/c1-20-11-12-21(18-7-3-2-6-17(18)20)16-8-4-5-14-13-19-10-9-15(14)16/h2-8,19H,9-13H2,1H3. The molecule has 0 fully saturated rings. The first kappa shape index (κ1) is 12.7. The number of rotatable bonds is 1. The van der Waals surface area contributed by atoms with E-state index in [1.165, 1.54) is 28.2 Å². The average Bonchev–Trinajstić information content (AvgIpc) is 2.55. The fraction of sp³-hybridized carbons (Fsp3) is 0.333. The molecule has 2 aromatic carbocycles. The van der Waals surface area contributed by atoms with Crippen LogP contribution in [0.3, 0.4) is 0 Å². The summed E-state index contributed by atoms with van der Waals surface area (Å²) in [6.45, 7) is 4.20. The average molecular weight is 279 g/mol. The molecule has 108 valence electrons. The van der Waals surface area contributed by atoms with Crippen molar-refractivity contribution in [2.45, 2.75) is 13.0 Å². The second-order valence-corrected chi connectivity index (χ2v) is 5.90. The Kier molecular flexibility index (Phi) is 3.08. The van der Waals surface area contributed by atoms with Gasteiger partial charge in [0.1, 0.15) is 0 Å². The van der Waals surface area contributed by atoms with Crippen LogP contribution in [0.25, 0.3) is 0 Å². The van der Waals surface area contributed by atoms with Crippen molar-refractivity contribution in [1.29, 1.82) is 0 Å². The Morgan fingerprint density at radius 1 is 0.905 bits per heavy atom. The molecule has 3 heteroatoms. The third kappa shape index (κ3) is 2.09. The van der Waals surface area contributed by atoms with Gasteiger partial charge in [-0.15, -0.1) is 0 Å². The van der Waals surface area contributed by atoms with Crippen LogP contribution in [0.15, 0.2) is 42.5 Å². The van der Waals surface area contributed by atoms with E-state index in [1.807, 2.05) is 0 Å². The number of likely N-dealkylation sites (N-methyl/N-ethyl adjacent to an activating group) is 1. The molecule has 0 bridgehead atoms. The molecule has 2 aliphatic rings. The van der Waals surface area contributed by atoms with Crippen molar-refractivity contribution >= 4 is 17.1 Å². The molecule has 2 aromatic rings. The molecule has 2 aliphatic heterocycles. The van der Waals surface area contributed by atoms with Crippen LogP contribution in [0.4, 0.5) is 17.1 Å². The van der Waals surface area contributed by atoms with Crippen LogP contribution < -0.4 is 15.1 Å². The molecule has 0 radical (unpaired) electrons. The Morgan fingerprint density at radius 3 is 2.62 bits per heavy atom. The number of hydrogen-bond acceptors (Lipinski definition) is 3. The van der Waals surface area contributed by atoms with Crippen molar-refractivity contribution in [1.82, 2.24) is 5.32 Å². The van der Waals surface area contributed by atoms with Crippen molar-refractivity contribution in [3.63, 3.8) is 0 Å². The number of nitrogens with zero attached hydrogens (tertiary/aromatic N) is 2. The van der Waals surface area contributed by atoms with Crippen LogP contribution in [0.1, 0.15) is 11.1 Å². The molecule has 0 aliphatic carbocycles. The molecule has 0 aromatic heterocycles. The lowest BCUT2D eigenvalue weighted by Gasteiger charge is -2.38. The second kappa shape index (κ2) is 5.08. The van der Waals surface area contributed by atoms with Crippen molar-refractivity contribution in [3.05, 3.63) is 53.6 Å². The van der Waals surface area contributed by atoms with E-state index in [4.69, 9.17) is 0 Å². The fourth-order valence-corrected chi connectivity index (χ4v) is 3.52. The summed E-state index contributed by atoms with van der Waals surface area (Å²) in [4.78, 5) is 4.85. The quantitative estimate of drug-likeness (QED) is 0.866. The molecular weight excluding hydrogens is 258 g/mol. The lowest BCUT2D eigenvalue weighted by Crippen LogP contribution is -2.37. The summed E-state index contributed by atoms with van der Waals surface area (Å²) in [5.74, 6) is 0. The Balaban J connectivity index is 1.83. The van der Waals surface area contributed by atoms with Gasteiger partial charge in [0.25, 0.3) is 0 Å². The van der Waals surface area contributed by atoms with Crippen LogP contribution in [0.2, 0.25) is 0 Å². The molecule has 4 rings (SSSR count). The van der Waals surface area contributed by atoms with E-state index in [0.29, 0.717) is 0 Å². The smallest absolute Gasteiger partial charge is 0.0649 e. The van der Waals surface area contributed by atoms with Crippen LogP contribution in [-0.4, -0.2) is 26.7 Å². The topological polar surface area (TPSA) is 18.5 Å². The molecule has 0 saturated heterocycles. The number of hydrogen-bond donors (Lipinski definition) is 1. The number of benzene rings is 2. The van der Waals surface area contributed by atoms with Crippen molar-refractivity contribution in [2.75, 3.05) is 36.5 Å². The van der Waals surface area contributed by atoms with E-state index in [-0.39, 0.29) is 0 Å². The molecule has 3 nitrogen and oxygen atoms in total.